The Morgan fingerprint density at radius 2 is 2.24 bits per heavy atom. The Morgan fingerprint density at radius 3 is 2.86 bits per heavy atom. The molecule has 108 valence electrons. The fraction of sp³-hybridized carbons (Fsp3) is 0.231. The smallest absolute Gasteiger partial charge is 0.335 e. The van der Waals surface area contributed by atoms with Crippen LogP contribution in [0, 0.1) is 10.1 Å². The van der Waals surface area contributed by atoms with E-state index >= 15 is 0 Å². The summed E-state index contributed by atoms with van der Waals surface area (Å²) in [5.74, 6) is -0.684. The summed E-state index contributed by atoms with van der Waals surface area (Å²) >= 11 is 1.38. The molecule has 1 aliphatic carbocycles. The Hall–Kier alpha value is -2.48. The molecule has 2 N–H and O–H groups in total. The number of carboxylic acids is 1. The van der Waals surface area contributed by atoms with E-state index in [9.17, 15) is 14.9 Å². The first-order valence-corrected chi connectivity index (χ1v) is 7.17. The van der Waals surface area contributed by atoms with Crippen molar-refractivity contribution < 1.29 is 14.8 Å². The zero-order valence-electron chi connectivity index (χ0n) is 10.8. The molecule has 1 aromatic heterocycles. The van der Waals surface area contributed by atoms with Gasteiger partial charge in [0.25, 0.3) is 5.69 Å². The lowest BCUT2D eigenvalue weighted by molar-refractivity contribution is -0.383. The summed E-state index contributed by atoms with van der Waals surface area (Å²) in [6.45, 7) is 0. The SMILES string of the molecule is O=C(O)c1ccc(Nc2nc(C3CC3)cs2)c([N+](=O)[O-])c1. The Labute approximate surface area is 123 Å². The second-order valence-electron chi connectivity index (χ2n) is 4.77. The molecule has 1 aliphatic rings. The van der Waals surface area contributed by atoms with Crippen molar-refractivity contribution in [2.24, 2.45) is 0 Å². The molecule has 3 rings (SSSR count). The van der Waals surface area contributed by atoms with Crippen molar-refractivity contribution in [3.05, 3.63) is 45.0 Å². The predicted molar refractivity (Wildman–Crippen MR) is 77.4 cm³/mol. The van der Waals surface area contributed by atoms with Gasteiger partial charge in [-0.25, -0.2) is 9.78 Å². The van der Waals surface area contributed by atoms with Crippen LogP contribution in [0.1, 0.15) is 34.8 Å². The highest BCUT2D eigenvalue weighted by Gasteiger charge is 2.26. The van der Waals surface area contributed by atoms with Crippen LogP contribution >= 0.6 is 11.3 Å². The molecule has 8 heteroatoms. The quantitative estimate of drug-likeness (QED) is 0.648. The molecule has 1 aromatic carbocycles. The number of hydrogen-bond acceptors (Lipinski definition) is 6. The van der Waals surface area contributed by atoms with E-state index in [1.807, 2.05) is 5.38 Å². The van der Waals surface area contributed by atoms with Gasteiger partial charge in [-0.05, 0) is 25.0 Å². The Kier molecular flexibility index (Phi) is 3.30. The second kappa shape index (κ2) is 5.13. The number of thiazole rings is 1. The highest BCUT2D eigenvalue weighted by molar-refractivity contribution is 7.13. The number of hydrogen-bond donors (Lipinski definition) is 2. The number of nitro groups is 1. The summed E-state index contributed by atoms with van der Waals surface area (Å²) < 4.78 is 0. The Bertz CT molecular complexity index is 724. The number of rotatable bonds is 5. The standard InChI is InChI=1S/C13H11N3O4S/c17-12(18)8-3-4-9(11(5-8)16(19)20)14-13-15-10(6-21-13)7-1-2-7/h3-7H,1-2H2,(H,14,15)(H,17,18). The largest absolute Gasteiger partial charge is 0.478 e. The molecular formula is C13H11N3O4S. The van der Waals surface area contributed by atoms with E-state index in [1.54, 1.807) is 0 Å². The molecule has 2 aromatic rings. The van der Waals surface area contributed by atoms with E-state index in [1.165, 1.54) is 23.5 Å². The van der Waals surface area contributed by atoms with Gasteiger partial charge in [0.15, 0.2) is 5.13 Å². The lowest BCUT2D eigenvalue weighted by atomic mass is 10.2. The number of aromatic carboxylic acids is 1. The monoisotopic (exact) mass is 305 g/mol. The van der Waals surface area contributed by atoms with Gasteiger partial charge in [0.05, 0.1) is 16.2 Å². The minimum Gasteiger partial charge on any atom is -0.478 e. The lowest BCUT2D eigenvalue weighted by Gasteiger charge is -2.04. The second-order valence-corrected chi connectivity index (χ2v) is 5.63. The first kappa shape index (κ1) is 13.5. The fourth-order valence-electron chi connectivity index (χ4n) is 1.95. The van der Waals surface area contributed by atoms with E-state index < -0.39 is 10.9 Å². The van der Waals surface area contributed by atoms with Gasteiger partial charge in [0.2, 0.25) is 0 Å². The third-order valence-electron chi connectivity index (χ3n) is 3.20. The van der Waals surface area contributed by atoms with Crippen molar-refractivity contribution in [2.45, 2.75) is 18.8 Å². The molecule has 1 fully saturated rings. The van der Waals surface area contributed by atoms with Crippen molar-refractivity contribution in [1.29, 1.82) is 0 Å². The maximum atomic E-state index is 11.1. The zero-order valence-corrected chi connectivity index (χ0v) is 11.6. The first-order chi connectivity index (χ1) is 10.0. The van der Waals surface area contributed by atoms with Crippen molar-refractivity contribution in [2.75, 3.05) is 5.32 Å². The van der Waals surface area contributed by atoms with Gasteiger partial charge >= 0.3 is 5.97 Å². The van der Waals surface area contributed by atoms with Crippen molar-refractivity contribution in [3.63, 3.8) is 0 Å². The molecule has 0 spiro atoms. The molecule has 1 heterocycles. The first-order valence-electron chi connectivity index (χ1n) is 6.29. The van der Waals surface area contributed by atoms with Gasteiger partial charge in [0, 0.05) is 17.4 Å². The minimum atomic E-state index is -1.20. The van der Waals surface area contributed by atoms with E-state index in [2.05, 4.69) is 10.3 Å². The van der Waals surface area contributed by atoms with Gasteiger partial charge in [0.1, 0.15) is 5.69 Å². The number of carboxylic acid groups (broad SMARTS) is 1. The Morgan fingerprint density at radius 1 is 1.48 bits per heavy atom. The molecule has 7 nitrogen and oxygen atoms in total. The van der Waals surface area contributed by atoms with Crippen LogP contribution in [0.15, 0.2) is 23.6 Å². The number of benzene rings is 1. The molecule has 21 heavy (non-hydrogen) atoms. The average Bonchev–Trinajstić information content (AvgIpc) is 3.19. The molecule has 0 aliphatic heterocycles. The van der Waals surface area contributed by atoms with E-state index in [-0.39, 0.29) is 16.9 Å². The van der Waals surface area contributed by atoms with Crippen molar-refractivity contribution in [3.8, 4) is 0 Å². The van der Waals surface area contributed by atoms with Crippen LogP contribution in [0.4, 0.5) is 16.5 Å². The minimum absolute atomic E-state index is 0.120. The number of nitrogens with zero attached hydrogens (tertiary/aromatic N) is 2. The average molecular weight is 305 g/mol. The van der Waals surface area contributed by atoms with E-state index in [0.717, 1.165) is 24.6 Å². The van der Waals surface area contributed by atoms with Crippen LogP contribution in [0.2, 0.25) is 0 Å². The number of nitrogens with one attached hydrogen (secondary N) is 1. The molecule has 0 unspecified atom stereocenters. The summed E-state index contributed by atoms with van der Waals surface area (Å²) in [6, 6.07) is 3.76. The summed E-state index contributed by atoms with van der Waals surface area (Å²) in [6.07, 6.45) is 2.27. The van der Waals surface area contributed by atoms with E-state index in [0.29, 0.717) is 11.0 Å². The van der Waals surface area contributed by atoms with Gasteiger partial charge in [-0.15, -0.1) is 11.3 Å². The summed E-state index contributed by atoms with van der Waals surface area (Å²) in [5, 5.41) is 25.4. The lowest BCUT2D eigenvalue weighted by Crippen LogP contribution is -2.01. The molecule has 0 radical (unpaired) electrons. The van der Waals surface area contributed by atoms with Crippen LogP contribution in [-0.4, -0.2) is 21.0 Å². The third-order valence-corrected chi connectivity index (χ3v) is 3.98. The number of aromatic nitrogens is 1. The van der Waals surface area contributed by atoms with Crippen molar-refractivity contribution >= 4 is 33.8 Å². The normalized spacial score (nSPS) is 13.9. The van der Waals surface area contributed by atoms with Gasteiger partial charge in [-0.2, -0.15) is 0 Å². The summed E-state index contributed by atoms with van der Waals surface area (Å²) in [5.41, 5.74) is 0.845. The maximum Gasteiger partial charge on any atom is 0.335 e. The van der Waals surface area contributed by atoms with Gasteiger partial charge in [-0.1, -0.05) is 0 Å². The number of nitro benzene ring substituents is 1. The zero-order chi connectivity index (χ0) is 15.0. The molecule has 0 saturated heterocycles. The highest BCUT2D eigenvalue weighted by Crippen LogP contribution is 2.41. The van der Waals surface area contributed by atoms with E-state index in [4.69, 9.17) is 5.11 Å². The van der Waals surface area contributed by atoms with Crippen LogP contribution in [0.5, 0.6) is 0 Å². The third kappa shape index (κ3) is 2.84. The van der Waals surface area contributed by atoms with Crippen molar-refractivity contribution in [1.82, 2.24) is 4.98 Å². The van der Waals surface area contributed by atoms with Crippen LogP contribution in [-0.2, 0) is 0 Å². The Balaban J connectivity index is 1.89. The van der Waals surface area contributed by atoms with Crippen LogP contribution in [0.25, 0.3) is 0 Å². The maximum absolute atomic E-state index is 11.1. The topological polar surface area (TPSA) is 105 Å². The molecule has 0 bridgehead atoms. The summed E-state index contributed by atoms with van der Waals surface area (Å²) in [7, 11) is 0. The molecule has 0 amide bonds. The fourth-order valence-corrected chi connectivity index (χ4v) is 2.75. The number of anilines is 2. The molecule has 1 saturated carbocycles. The van der Waals surface area contributed by atoms with Crippen LogP contribution in [0.3, 0.4) is 0 Å². The highest BCUT2D eigenvalue weighted by atomic mass is 32.1. The van der Waals surface area contributed by atoms with Gasteiger partial charge in [-0.3, -0.25) is 10.1 Å². The van der Waals surface area contributed by atoms with Crippen LogP contribution < -0.4 is 5.32 Å². The molecular weight excluding hydrogens is 294 g/mol. The number of carbonyl (C=O) groups is 1. The summed E-state index contributed by atoms with van der Waals surface area (Å²) in [4.78, 5) is 25.7. The predicted octanol–water partition coefficient (Wildman–Crippen LogP) is 3.37. The molecule has 0 atom stereocenters. The van der Waals surface area contributed by atoms with Gasteiger partial charge < -0.3 is 10.4 Å².